The van der Waals surface area contributed by atoms with Crippen molar-refractivity contribution in [1.82, 2.24) is 0 Å². The van der Waals surface area contributed by atoms with Gasteiger partial charge in [0.1, 0.15) is 0 Å². The molecule has 1 aliphatic carbocycles. The molecule has 10 aromatic rings. The third-order valence-corrected chi connectivity index (χ3v) is 11.9. The molecule has 0 aromatic heterocycles. The van der Waals surface area contributed by atoms with Gasteiger partial charge in [0.2, 0.25) is 0 Å². The summed E-state index contributed by atoms with van der Waals surface area (Å²) in [6, 6.07) is 82.7. The van der Waals surface area contributed by atoms with E-state index in [1.807, 2.05) is 0 Å². The minimum Gasteiger partial charge on any atom is -0.310 e. The highest BCUT2D eigenvalue weighted by Gasteiger charge is 2.46. The molecule has 1 aliphatic rings. The van der Waals surface area contributed by atoms with Crippen LogP contribution in [0.4, 0.5) is 17.1 Å². The molecule has 0 atom stereocenters. The van der Waals surface area contributed by atoms with Crippen LogP contribution in [-0.4, -0.2) is 0 Å². The topological polar surface area (TPSA) is 3.24 Å². The number of rotatable bonds is 6. The van der Waals surface area contributed by atoms with E-state index < -0.39 is 5.41 Å². The molecular formula is C55H37N. The van der Waals surface area contributed by atoms with Crippen LogP contribution < -0.4 is 4.90 Å². The van der Waals surface area contributed by atoms with Crippen LogP contribution in [-0.2, 0) is 5.41 Å². The summed E-state index contributed by atoms with van der Waals surface area (Å²) in [5, 5.41) is 7.51. The Morgan fingerprint density at radius 1 is 0.286 bits per heavy atom. The molecule has 0 spiro atoms. The molecule has 1 nitrogen and oxygen atoms in total. The number of hydrogen-bond acceptors (Lipinski definition) is 1. The van der Waals surface area contributed by atoms with Gasteiger partial charge >= 0.3 is 0 Å². The van der Waals surface area contributed by atoms with E-state index in [1.54, 1.807) is 0 Å². The number of benzene rings is 10. The Morgan fingerprint density at radius 3 is 1.57 bits per heavy atom. The molecule has 0 saturated carbocycles. The van der Waals surface area contributed by atoms with Crippen LogP contribution in [0.15, 0.2) is 224 Å². The maximum atomic E-state index is 2.46. The highest BCUT2D eigenvalue weighted by atomic mass is 15.1. The van der Waals surface area contributed by atoms with Gasteiger partial charge in [0.05, 0.1) is 5.41 Å². The van der Waals surface area contributed by atoms with Crippen molar-refractivity contribution >= 4 is 49.4 Å². The SMILES string of the molecule is c1ccc(C2(c3ccccc3)c3ccccc3-c3ccc(N(c4ccc(-c5cccc6ccccc56)cc4)c4ccc5c(ccc6ccccc65)c4)cc32)cc1. The predicted molar refractivity (Wildman–Crippen MR) is 236 cm³/mol. The number of nitrogens with zero attached hydrogens (tertiary/aromatic N) is 1. The van der Waals surface area contributed by atoms with E-state index in [2.05, 4.69) is 229 Å². The number of anilines is 3. The average molecular weight is 712 g/mol. The zero-order chi connectivity index (χ0) is 37.1. The summed E-state index contributed by atoms with van der Waals surface area (Å²) in [5.74, 6) is 0. The van der Waals surface area contributed by atoms with E-state index in [9.17, 15) is 0 Å². The molecule has 11 rings (SSSR count). The molecular weight excluding hydrogens is 675 g/mol. The molecule has 0 N–H and O–H groups in total. The van der Waals surface area contributed by atoms with Gasteiger partial charge in [0.15, 0.2) is 0 Å². The van der Waals surface area contributed by atoms with Crippen molar-refractivity contribution in [2.75, 3.05) is 4.90 Å². The first kappa shape index (κ1) is 32.2. The molecule has 0 heterocycles. The van der Waals surface area contributed by atoms with Crippen molar-refractivity contribution in [3.8, 4) is 22.3 Å². The fraction of sp³-hybridized carbons (Fsp3) is 0.0182. The lowest BCUT2D eigenvalue weighted by atomic mass is 9.67. The fourth-order valence-electron chi connectivity index (χ4n) is 9.43. The monoisotopic (exact) mass is 711 g/mol. The molecule has 56 heavy (non-hydrogen) atoms. The van der Waals surface area contributed by atoms with E-state index in [4.69, 9.17) is 0 Å². The largest absolute Gasteiger partial charge is 0.310 e. The zero-order valence-corrected chi connectivity index (χ0v) is 30.8. The summed E-state index contributed by atoms with van der Waals surface area (Å²) in [6.45, 7) is 0. The average Bonchev–Trinajstić information content (AvgIpc) is 3.57. The van der Waals surface area contributed by atoms with Crippen LogP contribution in [0, 0.1) is 0 Å². The lowest BCUT2D eigenvalue weighted by Gasteiger charge is -2.35. The van der Waals surface area contributed by atoms with E-state index >= 15 is 0 Å². The molecule has 262 valence electrons. The quantitative estimate of drug-likeness (QED) is 0.155. The summed E-state index contributed by atoms with van der Waals surface area (Å²) in [4.78, 5) is 2.44. The van der Waals surface area contributed by atoms with Crippen LogP contribution in [0.25, 0.3) is 54.6 Å². The van der Waals surface area contributed by atoms with Crippen molar-refractivity contribution in [3.05, 3.63) is 247 Å². The standard InChI is InChI=1S/C55H37N/c1-3-17-42(18-4-1)55(43-19-5-2-6-20-43)53-25-12-11-23-51(53)52-35-33-46(37-54(52)55)56(45-32-34-50-41(36-45)27-26-39-15-8-10-22-48(39)50)44-30-28-40(29-31-44)49-24-13-16-38-14-7-9-21-47(38)49/h1-37H. The molecule has 1 heteroatoms. The van der Waals surface area contributed by atoms with Gasteiger partial charge in [-0.3, -0.25) is 0 Å². The zero-order valence-electron chi connectivity index (χ0n) is 30.8. The van der Waals surface area contributed by atoms with E-state index in [-0.39, 0.29) is 0 Å². The lowest BCUT2D eigenvalue weighted by molar-refractivity contribution is 0.768. The maximum absolute atomic E-state index is 2.46. The first-order chi connectivity index (χ1) is 27.8. The first-order valence-corrected chi connectivity index (χ1v) is 19.4. The smallest absolute Gasteiger partial charge is 0.0714 e. The highest BCUT2D eigenvalue weighted by molar-refractivity contribution is 6.08. The Morgan fingerprint density at radius 2 is 0.804 bits per heavy atom. The molecule has 0 saturated heterocycles. The predicted octanol–water partition coefficient (Wildman–Crippen LogP) is 14.6. The van der Waals surface area contributed by atoms with E-state index in [0.29, 0.717) is 0 Å². The van der Waals surface area contributed by atoms with Gasteiger partial charge < -0.3 is 4.90 Å². The van der Waals surface area contributed by atoms with Crippen molar-refractivity contribution in [3.63, 3.8) is 0 Å². The van der Waals surface area contributed by atoms with Crippen LogP contribution in [0.3, 0.4) is 0 Å². The van der Waals surface area contributed by atoms with Crippen molar-refractivity contribution < 1.29 is 0 Å². The molecule has 0 bridgehead atoms. The molecule has 0 fully saturated rings. The van der Waals surface area contributed by atoms with Crippen LogP contribution in [0.2, 0.25) is 0 Å². The minimum atomic E-state index is -0.489. The molecule has 0 radical (unpaired) electrons. The third-order valence-electron chi connectivity index (χ3n) is 11.9. The van der Waals surface area contributed by atoms with Gasteiger partial charge in [-0.05, 0) is 113 Å². The minimum absolute atomic E-state index is 0.489. The summed E-state index contributed by atoms with van der Waals surface area (Å²) >= 11 is 0. The molecule has 0 aliphatic heterocycles. The Hall–Kier alpha value is -7.22. The lowest BCUT2D eigenvalue weighted by Crippen LogP contribution is -2.28. The van der Waals surface area contributed by atoms with Gasteiger partial charge in [-0.2, -0.15) is 0 Å². The maximum Gasteiger partial charge on any atom is 0.0714 e. The van der Waals surface area contributed by atoms with Crippen LogP contribution in [0.1, 0.15) is 22.3 Å². The second kappa shape index (κ2) is 13.0. The van der Waals surface area contributed by atoms with Crippen molar-refractivity contribution in [2.24, 2.45) is 0 Å². The van der Waals surface area contributed by atoms with Crippen molar-refractivity contribution in [1.29, 1.82) is 0 Å². The van der Waals surface area contributed by atoms with Gasteiger partial charge in [-0.15, -0.1) is 0 Å². The van der Waals surface area contributed by atoms with E-state index in [0.717, 1.165) is 17.1 Å². The van der Waals surface area contributed by atoms with Crippen LogP contribution >= 0.6 is 0 Å². The molecule has 10 aromatic carbocycles. The Kier molecular flexibility index (Phi) is 7.47. The fourth-order valence-corrected chi connectivity index (χ4v) is 9.43. The number of fused-ring (bicyclic) bond motifs is 7. The Balaban J connectivity index is 1.14. The summed E-state index contributed by atoms with van der Waals surface area (Å²) in [7, 11) is 0. The van der Waals surface area contributed by atoms with Gasteiger partial charge in [-0.25, -0.2) is 0 Å². The van der Waals surface area contributed by atoms with Gasteiger partial charge in [0, 0.05) is 17.1 Å². The Labute approximate surface area is 327 Å². The third kappa shape index (κ3) is 4.95. The second-order valence-electron chi connectivity index (χ2n) is 14.9. The summed E-state index contributed by atoms with van der Waals surface area (Å²) in [5.41, 5.74) is 13.0. The first-order valence-electron chi connectivity index (χ1n) is 19.4. The van der Waals surface area contributed by atoms with Gasteiger partial charge in [-0.1, -0.05) is 188 Å². The molecule has 0 amide bonds. The van der Waals surface area contributed by atoms with Gasteiger partial charge in [0.25, 0.3) is 0 Å². The summed E-state index contributed by atoms with van der Waals surface area (Å²) < 4.78 is 0. The second-order valence-corrected chi connectivity index (χ2v) is 14.9. The Bertz CT molecular complexity index is 3030. The normalized spacial score (nSPS) is 12.8. The van der Waals surface area contributed by atoms with Crippen molar-refractivity contribution in [2.45, 2.75) is 5.41 Å². The van der Waals surface area contributed by atoms with E-state index in [1.165, 1.54) is 76.8 Å². The summed E-state index contributed by atoms with van der Waals surface area (Å²) in [6.07, 6.45) is 0. The number of hydrogen-bond donors (Lipinski definition) is 0. The highest BCUT2D eigenvalue weighted by Crippen LogP contribution is 2.57. The van der Waals surface area contributed by atoms with Crippen LogP contribution in [0.5, 0.6) is 0 Å². The molecule has 0 unspecified atom stereocenters.